The molecule has 0 aromatic heterocycles. The number of imide groups is 2. The van der Waals surface area contributed by atoms with Crippen molar-refractivity contribution in [2.45, 2.75) is 57.9 Å². The summed E-state index contributed by atoms with van der Waals surface area (Å²) in [4.78, 5) is 102. The number of carbonyl (C=O) groups is 8. The van der Waals surface area contributed by atoms with Crippen LogP contribution in [0.15, 0.2) is 0 Å². The summed E-state index contributed by atoms with van der Waals surface area (Å²) in [5, 5.41) is 2.79. The van der Waals surface area contributed by atoms with Gasteiger partial charge in [0.1, 0.15) is 11.8 Å². The van der Waals surface area contributed by atoms with Gasteiger partial charge < -0.3 is 31.2 Å². The highest BCUT2D eigenvalue weighted by molar-refractivity contribution is 6.02. The van der Waals surface area contributed by atoms with Crippen LogP contribution < -0.4 is 16.8 Å². The molecule has 2 aliphatic heterocycles. The summed E-state index contributed by atoms with van der Waals surface area (Å²) in [7, 11) is 0. The quantitative estimate of drug-likeness (QED) is 0.164. The van der Waals surface area contributed by atoms with Crippen LogP contribution in [0.4, 0.5) is 0 Å². The Morgan fingerprint density at radius 1 is 0.811 bits per heavy atom. The standard InChI is InChI=1S/C17H19N3O10.C4H12N2O/c1-9(21)8-10(17(28)30-20-14(25)5-6-15(20)26)18-11(22)2-7-16(27)29-19-12(23)3-4-13(19)24;5-1-3-7-4-2-6/h10H,2-8H2,1H3,(H,18,22);1-6H2. The largest absolute Gasteiger partial charge is 0.379 e. The van der Waals surface area contributed by atoms with Gasteiger partial charge in [-0.2, -0.15) is 0 Å². The van der Waals surface area contributed by atoms with E-state index in [1.54, 1.807) is 0 Å². The Kier molecular flexibility index (Phi) is 13.6. The van der Waals surface area contributed by atoms with Gasteiger partial charge in [0.2, 0.25) is 5.91 Å². The minimum absolute atomic E-state index is 0.0799. The smallest absolute Gasteiger partial charge is 0.355 e. The molecule has 2 fully saturated rings. The number of carbonyl (C=O) groups excluding carboxylic acids is 8. The number of nitrogens with two attached hydrogens (primary N) is 2. The van der Waals surface area contributed by atoms with Gasteiger partial charge in [0.05, 0.1) is 19.6 Å². The molecule has 206 valence electrons. The van der Waals surface area contributed by atoms with Gasteiger partial charge in [0.15, 0.2) is 0 Å². The number of hydrogen-bond acceptors (Lipinski definition) is 13. The minimum Gasteiger partial charge on any atom is -0.379 e. The number of hydroxylamine groups is 4. The third-order valence-electron chi connectivity index (χ3n) is 4.58. The number of ether oxygens (including phenoxy) is 1. The van der Waals surface area contributed by atoms with E-state index in [2.05, 4.69) is 10.2 Å². The second-order valence-corrected chi connectivity index (χ2v) is 7.75. The number of nitrogens with zero attached hydrogens (tertiary/aromatic N) is 2. The zero-order chi connectivity index (χ0) is 28.0. The van der Waals surface area contributed by atoms with Gasteiger partial charge in [-0.05, 0) is 6.92 Å². The fourth-order valence-corrected chi connectivity index (χ4v) is 2.85. The van der Waals surface area contributed by atoms with Crippen LogP contribution in [0.3, 0.4) is 0 Å². The third-order valence-corrected chi connectivity index (χ3v) is 4.58. The van der Waals surface area contributed by atoms with Gasteiger partial charge in [0.25, 0.3) is 23.6 Å². The summed E-state index contributed by atoms with van der Waals surface area (Å²) in [6.45, 7) is 3.56. The van der Waals surface area contributed by atoms with Crippen molar-refractivity contribution in [2.24, 2.45) is 11.5 Å². The Balaban J connectivity index is 0.000000856. The molecule has 16 nitrogen and oxygen atoms in total. The molecule has 1 atom stereocenters. The molecule has 0 spiro atoms. The Bertz CT molecular complexity index is 871. The number of hydrogen-bond donors (Lipinski definition) is 3. The maximum Gasteiger partial charge on any atom is 0.355 e. The van der Waals surface area contributed by atoms with E-state index in [-0.39, 0.29) is 30.7 Å². The summed E-state index contributed by atoms with van der Waals surface area (Å²) in [6, 6.07) is -1.49. The highest BCUT2D eigenvalue weighted by atomic mass is 16.7. The Hall–Kier alpha value is -3.76. The summed E-state index contributed by atoms with van der Waals surface area (Å²) in [6.07, 6.45) is -1.89. The molecule has 1 unspecified atom stereocenters. The monoisotopic (exact) mass is 529 g/mol. The lowest BCUT2D eigenvalue weighted by Crippen LogP contribution is -2.46. The molecule has 0 radical (unpaired) electrons. The minimum atomic E-state index is -1.49. The van der Waals surface area contributed by atoms with Crippen molar-refractivity contribution >= 4 is 47.3 Å². The molecule has 5 amide bonds. The SMILES string of the molecule is CC(=O)CC(NC(=O)CCC(=O)ON1C(=O)CCC1=O)C(=O)ON1C(=O)CCC1=O.NCCOCCN. The highest BCUT2D eigenvalue weighted by Gasteiger charge is 2.36. The third kappa shape index (κ3) is 11.2. The fraction of sp³-hybridized carbons (Fsp3) is 0.619. The van der Waals surface area contributed by atoms with Crippen LogP contribution in [0.5, 0.6) is 0 Å². The van der Waals surface area contributed by atoms with Crippen LogP contribution >= 0.6 is 0 Å². The van der Waals surface area contributed by atoms with Gasteiger partial charge in [0, 0.05) is 51.6 Å². The highest BCUT2D eigenvalue weighted by Crippen LogP contribution is 2.14. The maximum atomic E-state index is 12.2. The maximum absolute atomic E-state index is 12.2. The summed E-state index contributed by atoms with van der Waals surface area (Å²) < 4.78 is 4.88. The molecule has 0 aromatic carbocycles. The molecular formula is C21H31N5O11. The van der Waals surface area contributed by atoms with Crippen LogP contribution in [0.1, 0.15) is 51.9 Å². The molecule has 0 aliphatic carbocycles. The van der Waals surface area contributed by atoms with E-state index in [4.69, 9.17) is 21.0 Å². The first kappa shape index (κ1) is 31.3. The van der Waals surface area contributed by atoms with Crippen LogP contribution in [-0.4, -0.2) is 89.7 Å². The van der Waals surface area contributed by atoms with Gasteiger partial charge in [-0.1, -0.05) is 0 Å². The average molecular weight is 530 g/mol. The lowest BCUT2D eigenvalue weighted by molar-refractivity contribution is -0.199. The van der Waals surface area contributed by atoms with Gasteiger partial charge >= 0.3 is 11.9 Å². The summed E-state index contributed by atoms with van der Waals surface area (Å²) in [5.74, 6) is -6.34. The lowest BCUT2D eigenvalue weighted by Gasteiger charge is -2.19. The molecule has 16 heteroatoms. The fourth-order valence-electron chi connectivity index (χ4n) is 2.85. The molecule has 0 saturated carbocycles. The van der Waals surface area contributed by atoms with Gasteiger partial charge in [-0.15, -0.1) is 10.1 Å². The number of ketones is 1. The number of amides is 5. The molecule has 2 rings (SSSR count). The Morgan fingerprint density at radius 3 is 1.70 bits per heavy atom. The zero-order valence-electron chi connectivity index (χ0n) is 20.4. The van der Waals surface area contributed by atoms with E-state index in [9.17, 15) is 38.4 Å². The molecular weight excluding hydrogens is 498 g/mol. The Labute approximate surface area is 211 Å². The van der Waals surface area contributed by atoms with Crippen molar-refractivity contribution in [3.63, 3.8) is 0 Å². The predicted molar refractivity (Wildman–Crippen MR) is 120 cm³/mol. The molecule has 37 heavy (non-hydrogen) atoms. The summed E-state index contributed by atoms with van der Waals surface area (Å²) >= 11 is 0. The summed E-state index contributed by atoms with van der Waals surface area (Å²) in [5.41, 5.74) is 10.2. The molecule has 2 heterocycles. The molecule has 2 saturated heterocycles. The predicted octanol–water partition coefficient (Wildman–Crippen LogP) is -2.63. The average Bonchev–Trinajstić information content (AvgIpc) is 3.33. The van der Waals surface area contributed by atoms with Crippen molar-refractivity contribution in [1.82, 2.24) is 15.4 Å². The topological polar surface area (TPSA) is 235 Å². The number of nitrogens with one attached hydrogen (secondary N) is 1. The van der Waals surface area contributed by atoms with Crippen LogP contribution in [0, 0.1) is 0 Å². The van der Waals surface area contributed by atoms with E-state index < -0.39 is 72.6 Å². The van der Waals surface area contributed by atoms with Crippen molar-refractivity contribution in [1.29, 1.82) is 0 Å². The molecule has 5 N–H and O–H groups in total. The Morgan fingerprint density at radius 2 is 1.27 bits per heavy atom. The zero-order valence-corrected chi connectivity index (χ0v) is 20.4. The van der Waals surface area contributed by atoms with Crippen molar-refractivity contribution in [3.05, 3.63) is 0 Å². The molecule has 0 aromatic rings. The van der Waals surface area contributed by atoms with E-state index in [1.807, 2.05) is 0 Å². The number of rotatable bonds is 13. The van der Waals surface area contributed by atoms with Crippen LogP contribution in [0.25, 0.3) is 0 Å². The first-order valence-corrected chi connectivity index (χ1v) is 11.4. The molecule has 2 aliphatic rings. The van der Waals surface area contributed by atoms with Gasteiger partial charge in [-0.3, -0.25) is 28.8 Å². The molecule has 0 bridgehead atoms. The van der Waals surface area contributed by atoms with Crippen molar-refractivity contribution < 1.29 is 52.8 Å². The van der Waals surface area contributed by atoms with Crippen LogP contribution in [-0.2, 0) is 52.8 Å². The second kappa shape index (κ2) is 16.1. The van der Waals surface area contributed by atoms with E-state index >= 15 is 0 Å². The van der Waals surface area contributed by atoms with E-state index in [0.29, 0.717) is 31.4 Å². The van der Waals surface area contributed by atoms with E-state index in [0.717, 1.165) is 6.92 Å². The van der Waals surface area contributed by atoms with Gasteiger partial charge in [-0.25, -0.2) is 9.59 Å². The second-order valence-electron chi connectivity index (χ2n) is 7.75. The first-order valence-electron chi connectivity index (χ1n) is 11.4. The first-order chi connectivity index (χ1) is 17.5. The van der Waals surface area contributed by atoms with Crippen LogP contribution in [0.2, 0.25) is 0 Å². The van der Waals surface area contributed by atoms with E-state index in [1.165, 1.54) is 0 Å². The number of Topliss-reactive ketones (excluding diaryl/α,β-unsaturated/α-hetero) is 1. The lowest BCUT2D eigenvalue weighted by atomic mass is 10.1. The normalized spacial score (nSPS) is 15.8. The van der Waals surface area contributed by atoms with Crippen molar-refractivity contribution in [3.8, 4) is 0 Å². The van der Waals surface area contributed by atoms with Crippen molar-refractivity contribution in [2.75, 3.05) is 26.3 Å².